The average Bonchev–Trinajstić information content (AvgIpc) is 3.22. The van der Waals surface area contributed by atoms with E-state index in [9.17, 15) is 13.5 Å². The lowest BCUT2D eigenvalue weighted by molar-refractivity contribution is -0.0285. The van der Waals surface area contributed by atoms with E-state index in [1.54, 1.807) is 30.5 Å². The molecule has 152 valence electrons. The van der Waals surface area contributed by atoms with Crippen LogP contribution in [0, 0.1) is 11.5 Å². The number of rotatable bonds is 4. The summed E-state index contributed by atoms with van der Waals surface area (Å²) < 4.78 is 27.1. The van der Waals surface area contributed by atoms with E-state index in [4.69, 9.17) is 21.7 Å². The van der Waals surface area contributed by atoms with E-state index in [1.807, 2.05) is 0 Å². The van der Waals surface area contributed by atoms with Crippen LogP contribution in [-0.2, 0) is 14.9 Å². The Kier molecular flexibility index (Phi) is 6.61. The van der Waals surface area contributed by atoms with Gasteiger partial charge in [-0.2, -0.15) is 5.26 Å². The highest BCUT2D eigenvalue weighted by Crippen LogP contribution is 2.39. The summed E-state index contributed by atoms with van der Waals surface area (Å²) in [6, 6.07) is 9.71. The molecule has 0 bridgehead atoms. The number of sulfonamides is 1. The summed E-state index contributed by atoms with van der Waals surface area (Å²) in [6.07, 6.45) is 2.27. The fourth-order valence-corrected chi connectivity index (χ4v) is 4.81. The van der Waals surface area contributed by atoms with Gasteiger partial charge in [0.1, 0.15) is 4.90 Å². The fraction of sp³-hybridized carbons (Fsp3) is 0.176. The molecule has 1 aliphatic rings. The van der Waals surface area contributed by atoms with Crippen molar-refractivity contribution in [2.75, 3.05) is 18.5 Å². The molecule has 12 heteroatoms. The smallest absolute Gasteiger partial charge is 0.270 e. The Morgan fingerprint density at radius 3 is 2.76 bits per heavy atom. The van der Waals surface area contributed by atoms with Crippen LogP contribution in [0.3, 0.4) is 0 Å². The Bertz CT molecular complexity index is 1100. The molecule has 29 heavy (non-hydrogen) atoms. The quantitative estimate of drug-likeness (QED) is 0.193. The maximum atomic E-state index is 12.8. The van der Waals surface area contributed by atoms with Gasteiger partial charge in [0.25, 0.3) is 10.0 Å². The van der Waals surface area contributed by atoms with Crippen molar-refractivity contribution in [1.29, 1.82) is 5.26 Å². The number of hydrogen-bond acceptors (Lipinski definition) is 6. The van der Waals surface area contributed by atoms with Crippen LogP contribution >= 0.6 is 27.5 Å². The van der Waals surface area contributed by atoms with Gasteiger partial charge in [0.2, 0.25) is 5.96 Å². The molecule has 3 rings (SSSR count). The maximum absolute atomic E-state index is 12.8. The van der Waals surface area contributed by atoms with Crippen molar-refractivity contribution < 1.29 is 18.4 Å². The van der Waals surface area contributed by atoms with Gasteiger partial charge >= 0.3 is 0 Å². The number of para-hydroxylation sites is 1. The molecule has 0 radical (unpaired) electrons. The zero-order valence-electron chi connectivity index (χ0n) is 14.8. The summed E-state index contributed by atoms with van der Waals surface area (Å²) in [5.74, 6) is -0.648. The standard InChI is InChI=1S/C17H15BrClN5O4S/c18-11-4-1-2-5-13(11)22-17(21-10-20)23-14-7-6-12(19)16(15(14)25)29(26,27)24-8-3-9-28-24/h1-2,4-7,25H,3,8-9H2,(H2,21,22,23). The highest BCUT2D eigenvalue weighted by Gasteiger charge is 2.34. The monoisotopic (exact) mass is 499 g/mol. The number of aromatic hydroxyl groups is 1. The van der Waals surface area contributed by atoms with E-state index in [1.165, 1.54) is 12.1 Å². The number of phenolic OH excluding ortho intramolecular Hbond substituents is 1. The van der Waals surface area contributed by atoms with Gasteiger partial charge in [-0.05, 0) is 46.6 Å². The number of aliphatic imine (C=N–C) groups is 1. The molecule has 0 unspecified atom stereocenters. The van der Waals surface area contributed by atoms with Gasteiger partial charge in [0.05, 0.1) is 23.0 Å². The van der Waals surface area contributed by atoms with Gasteiger partial charge in [0.15, 0.2) is 11.9 Å². The molecule has 2 aromatic rings. The highest BCUT2D eigenvalue weighted by molar-refractivity contribution is 9.10. The second-order valence-corrected chi connectivity index (χ2v) is 8.79. The van der Waals surface area contributed by atoms with Gasteiger partial charge < -0.3 is 10.4 Å². The number of phenols is 1. The molecule has 0 aliphatic carbocycles. The first-order chi connectivity index (χ1) is 13.8. The molecular formula is C17H15BrClN5O4S. The van der Waals surface area contributed by atoms with E-state index in [2.05, 4.69) is 31.6 Å². The van der Waals surface area contributed by atoms with Crippen molar-refractivity contribution >= 4 is 54.9 Å². The second kappa shape index (κ2) is 8.98. The van der Waals surface area contributed by atoms with Crippen LogP contribution in [0.15, 0.2) is 50.8 Å². The lowest BCUT2D eigenvalue weighted by atomic mass is 10.3. The number of anilines is 1. The molecule has 1 aliphatic heterocycles. The van der Waals surface area contributed by atoms with E-state index >= 15 is 0 Å². The molecular weight excluding hydrogens is 486 g/mol. The number of guanidine groups is 1. The highest BCUT2D eigenvalue weighted by atomic mass is 79.9. The average molecular weight is 501 g/mol. The van der Waals surface area contributed by atoms with Crippen molar-refractivity contribution in [3.63, 3.8) is 0 Å². The number of hydrogen-bond donors (Lipinski definition) is 3. The Labute approximate surface area is 180 Å². The van der Waals surface area contributed by atoms with Crippen LogP contribution < -0.4 is 10.6 Å². The fourth-order valence-electron chi connectivity index (χ4n) is 2.54. The van der Waals surface area contributed by atoms with Gasteiger partial charge in [0, 0.05) is 11.0 Å². The summed E-state index contributed by atoms with van der Waals surface area (Å²) >= 11 is 9.41. The second-order valence-electron chi connectivity index (χ2n) is 5.76. The van der Waals surface area contributed by atoms with E-state index < -0.39 is 20.7 Å². The van der Waals surface area contributed by atoms with Gasteiger partial charge in [-0.25, -0.2) is 13.4 Å². The van der Waals surface area contributed by atoms with Crippen molar-refractivity contribution in [3.8, 4) is 11.9 Å². The molecule has 1 fully saturated rings. The van der Waals surface area contributed by atoms with E-state index in [0.717, 1.165) is 4.47 Å². The Hall–Kier alpha value is -2.36. The molecule has 3 N–H and O–H groups in total. The summed E-state index contributed by atoms with van der Waals surface area (Å²) in [5.41, 5.74) is 0.491. The summed E-state index contributed by atoms with van der Waals surface area (Å²) in [4.78, 5) is 8.88. The molecule has 9 nitrogen and oxygen atoms in total. The first-order valence-electron chi connectivity index (χ1n) is 8.27. The number of nitriles is 1. The summed E-state index contributed by atoms with van der Waals surface area (Å²) in [7, 11) is -4.18. The number of nitrogens with one attached hydrogen (secondary N) is 2. The Morgan fingerprint density at radius 1 is 1.34 bits per heavy atom. The largest absolute Gasteiger partial charge is 0.504 e. The molecule has 0 aromatic heterocycles. The first-order valence-corrected chi connectivity index (χ1v) is 10.9. The molecule has 1 heterocycles. The van der Waals surface area contributed by atoms with Gasteiger partial charge in [-0.3, -0.25) is 10.2 Å². The minimum Gasteiger partial charge on any atom is -0.504 e. The number of nitrogens with zero attached hydrogens (tertiary/aromatic N) is 3. The van der Waals surface area contributed by atoms with Crippen molar-refractivity contribution in [3.05, 3.63) is 45.9 Å². The van der Waals surface area contributed by atoms with Crippen LogP contribution in [0.1, 0.15) is 6.42 Å². The van der Waals surface area contributed by atoms with E-state index in [-0.39, 0.29) is 29.8 Å². The molecule has 1 saturated heterocycles. The van der Waals surface area contributed by atoms with Crippen molar-refractivity contribution in [1.82, 2.24) is 9.79 Å². The normalized spacial score (nSPS) is 15.1. The SMILES string of the molecule is N#CNC(=Nc1ccccc1Br)Nc1ccc(Cl)c(S(=O)(=O)N2CCCO2)c1O. The van der Waals surface area contributed by atoms with Crippen LogP contribution in [0.4, 0.5) is 11.4 Å². The Morgan fingerprint density at radius 2 is 2.10 bits per heavy atom. The minimum atomic E-state index is -4.18. The van der Waals surface area contributed by atoms with Crippen LogP contribution in [0.2, 0.25) is 5.02 Å². The predicted molar refractivity (Wildman–Crippen MR) is 111 cm³/mol. The molecule has 0 atom stereocenters. The van der Waals surface area contributed by atoms with Crippen LogP contribution in [0.5, 0.6) is 5.75 Å². The number of benzene rings is 2. The number of hydroxylamine groups is 1. The molecule has 0 amide bonds. The summed E-state index contributed by atoms with van der Waals surface area (Å²) in [5, 5.41) is 24.5. The molecule has 0 saturated carbocycles. The minimum absolute atomic E-state index is 0.0132. The maximum Gasteiger partial charge on any atom is 0.270 e. The third kappa shape index (κ3) is 4.63. The van der Waals surface area contributed by atoms with Gasteiger partial charge in [-0.15, -0.1) is 0 Å². The molecule has 2 aromatic carbocycles. The van der Waals surface area contributed by atoms with Crippen LogP contribution in [0.25, 0.3) is 0 Å². The molecule has 0 spiro atoms. The van der Waals surface area contributed by atoms with E-state index in [0.29, 0.717) is 16.6 Å². The third-order valence-electron chi connectivity index (χ3n) is 3.84. The van der Waals surface area contributed by atoms with Crippen molar-refractivity contribution in [2.24, 2.45) is 4.99 Å². The lowest BCUT2D eigenvalue weighted by Gasteiger charge is -2.18. The third-order valence-corrected chi connectivity index (χ3v) is 6.69. The predicted octanol–water partition coefficient (Wildman–Crippen LogP) is 3.30. The van der Waals surface area contributed by atoms with Crippen molar-refractivity contribution in [2.45, 2.75) is 11.3 Å². The van der Waals surface area contributed by atoms with Crippen LogP contribution in [-0.4, -0.2) is 37.1 Å². The van der Waals surface area contributed by atoms with Gasteiger partial charge in [-0.1, -0.05) is 28.2 Å². The zero-order chi connectivity index (χ0) is 21.0. The number of halogens is 2. The lowest BCUT2D eigenvalue weighted by Crippen LogP contribution is -2.28. The first kappa shape index (κ1) is 21.4. The topological polar surface area (TPSA) is 127 Å². The summed E-state index contributed by atoms with van der Waals surface area (Å²) in [6.45, 7) is 0.408. The zero-order valence-corrected chi connectivity index (χ0v) is 17.9. The Balaban J connectivity index is 2.01.